The Labute approximate surface area is 69.3 Å². The van der Waals surface area contributed by atoms with Crippen LogP contribution in [0.5, 0.6) is 0 Å². The fraction of sp³-hybridized carbons (Fsp3) is 0.714. The zero-order valence-corrected chi connectivity index (χ0v) is 6.65. The van der Waals surface area contributed by atoms with Crippen LogP contribution < -0.4 is 0 Å². The van der Waals surface area contributed by atoms with Crippen LogP contribution in [0.1, 0.15) is 6.42 Å². The van der Waals surface area contributed by atoms with Gasteiger partial charge in [-0.1, -0.05) is 0 Å². The molecule has 5 nitrogen and oxygen atoms in total. The second-order valence-electron chi connectivity index (χ2n) is 2.55. The Morgan fingerprint density at radius 3 is 2.92 bits per heavy atom. The summed E-state index contributed by atoms with van der Waals surface area (Å²) in [6.45, 7) is -0.251. The predicted molar refractivity (Wildman–Crippen MR) is 37.1 cm³/mol. The molecule has 0 aromatic heterocycles. The van der Waals surface area contributed by atoms with Crippen molar-refractivity contribution < 1.29 is 24.2 Å². The number of aliphatic hydroxyl groups excluding tert-OH is 1. The zero-order valence-electron chi connectivity index (χ0n) is 6.65. The van der Waals surface area contributed by atoms with E-state index in [1.807, 2.05) is 0 Å². The summed E-state index contributed by atoms with van der Waals surface area (Å²) in [5.41, 5.74) is 0. The first-order valence-corrected chi connectivity index (χ1v) is 3.58. The largest absolute Gasteiger partial charge is 0.468 e. The van der Waals surface area contributed by atoms with Crippen molar-refractivity contribution in [3.8, 4) is 0 Å². The molecule has 0 bridgehead atoms. The lowest BCUT2D eigenvalue weighted by molar-refractivity contribution is -0.155. The van der Waals surface area contributed by atoms with Crippen LogP contribution >= 0.6 is 0 Å². The van der Waals surface area contributed by atoms with Crippen LogP contribution in [0.15, 0.2) is 0 Å². The molecule has 1 rings (SSSR count). The molecule has 5 heteroatoms. The molecule has 68 valence electrons. The van der Waals surface area contributed by atoms with Gasteiger partial charge in [-0.3, -0.25) is 9.59 Å². The minimum atomic E-state index is -0.854. The maximum absolute atomic E-state index is 10.9. The smallest absolute Gasteiger partial charge is 0.320 e. The van der Waals surface area contributed by atoms with E-state index in [1.54, 1.807) is 0 Å². The van der Waals surface area contributed by atoms with Gasteiger partial charge in [0.15, 0.2) is 5.92 Å². The lowest BCUT2D eigenvalue weighted by Gasteiger charge is -2.01. The Morgan fingerprint density at radius 1 is 1.83 bits per heavy atom. The van der Waals surface area contributed by atoms with E-state index in [4.69, 9.17) is 5.11 Å². The van der Waals surface area contributed by atoms with Gasteiger partial charge in [-0.05, 0) is 0 Å². The Bertz CT molecular complexity index is 200. The van der Waals surface area contributed by atoms with Crippen molar-refractivity contribution in [2.45, 2.75) is 12.5 Å². The normalized spacial score (nSPS) is 28.3. The number of carbonyl (C=O) groups is 2. The number of carbonyl (C=O) groups excluding carboxylic acids is 2. The van der Waals surface area contributed by atoms with Crippen molar-refractivity contribution >= 4 is 11.9 Å². The quantitative estimate of drug-likeness (QED) is 0.433. The minimum Gasteiger partial charge on any atom is -0.468 e. The number of methoxy groups -OCH3 is 1. The van der Waals surface area contributed by atoms with Crippen LogP contribution in [0.2, 0.25) is 0 Å². The van der Waals surface area contributed by atoms with Gasteiger partial charge < -0.3 is 14.6 Å². The van der Waals surface area contributed by atoms with E-state index >= 15 is 0 Å². The second kappa shape index (κ2) is 3.53. The number of ether oxygens (including phenoxy) is 2. The third kappa shape index (κ3) is 1.55. The predicted octanol–water partition coefficient (Wildman–Crippen LogP) is -0.917. The van der Waals surface area contributed by atoms with E-state index in [1.165, 1.54) is 7.11 Å². The summed E-state index contributed by atoms with van der Waals surface area (Å²) in [5, 5.41) is 8.63. The van der Waals surface area contributed by atoms with Gasteiger partial charge in [-0.2, -0.15) is 0 Å². The van der Waals surface area contributed by atoms with E-state index in [2.05, 4.69) is 9.47 Å². The van der Waals surface area contributed by atoms with Crippen LogP contribution in [-0.2, 0) is 19.1 Å². The molecule has 0 spiro atoms. The molecule has 1 unspecified atom stereocenters. The molecule has 1 saturated heterocycles. The molecular weight excluding hydrogens is 164 g/mol. The molecular formula is C7H10O5. The van der Waals surface area contributed by atoms with E-state index in [0.29, 0.717) is 0 Å². The second-order valence-corrected chi connectivity index (χ2v) is 2.55. The van der Waals surface area contributed by atoms with Crippen molar-refractivity contribution in [1.29, 1.82) is 0 Å². The van der Waals surface area contributed by atoms with E-state index < -0.39 is 24.0 Å². The molecule has 12 heavy (non-hydrogen) atoms. The van der Waals surface area contributed by atoms with Gasteiger partial charge in [0.2, 0.25) is 0 Å². The molecule has 0 saturated carbocycles. The third-order valence-corrected chi connectivity index (χ3v) is 1.76. The van der Waals surface area contributed by atoms with Crippen molar-refractivity contribution in [2.24, 2.45) is 5.92 Å². The molecule has 1 heterocycles. The van der Waals surface area contributed by atoms with Crippen LogP contribution in [-0.4, -0.2) is 36.9 Å². The first-order chi connectivity index (χ1) is 5.69. The maximum atomic E-state index is 10.9. The average Bonchev–Trinajstić information content (AvgIpc) is 2.45. The van der Waals surface area contributed by atoms with Crippen molar-refractivity contribution in [2.75, 3.05) is 13.7 Å². The lowest BCUT2D eigenvalue weighted by Crippen LogP contribution is -2.20. The van der Waals surface area contributed by atoms with Crippen LogP contribution in [0.4, 0.5) is 0 Å². The first-order valence-electron chi connectivity index (χ1n) is 3.58. The van der Waals surface area contributed by atoms with Gasteiger partial charge in [0, 0.05) is 6.42 Å². The van der Waals surface area contributed by atoms with Gasteiger partial charge in [-0.15, -0.1) is 0 Å². The van der Waals surface area contributed by atoms with Gasteiger partial charge in [-0.25, -0.2) is 0 Å². The SMILES string of the molecule is COC(=O)C1C[C@@H](CO)OC1=O. The molecule has 0 aliphatic carbocycles. The van der Waals surface area contributed by atoms with Gasteiger partial charge in [0.05, 0.1) is 13.7 Å². The number of cyclic esters (lactones) is 1. The fourth-order valence-electron chi connectivity index (χ4n) is 1.10. The molecule has 1 aliphatic heterocycles. The summed E-state index contributed by atoms with van der Waals surface area (Å²) >= 11 is 0. The van der Waals surface area contributed by atoms with Crippen molar-refractivity contribution in [3.63, 3.8) is 0 Å². The molecule has 1 fully saturated rings. The summed E-state index contributed by atoms with van der Waals surface area (Å²) in [7, 11) is 1.21. The number of esters is 2. The van der Waals surface area contributed by atoms with Crippen molar-refractivity contribution in [1.82, 2.24) is 0 Å². The molecule has 0 aromatic carbocycles. The number of aliphatic hydroxyl groups is 1. The minimum absolute atomic E-state index is 0.210. The molecule has 1 aliphatic rings. The standard InChI is InChI=1S/C7H10O5/c1-11-6(9)5-2-4(3-8)12-7(5)10/h4-5,8H,2-3H2,1H3/t4-,5?/m0/s1. The summed E-state index contributed by atoms with van der Waals surface area (Å²) in [5.74, 6) is -2.07. The molecule has 1 N–H and O–H groups in total. The van der Waals surface area contributed by atoms with Crippen molar-refractivity contribution in [3.05, 3.63) is 0 Å². The molecule has 0 aromatic rings. The van der Waals surface area contributed by atoms with Gasteiger partial charge >= 0.3 is 11.9 Å². The first kappa shape index (κ1) is 8.99. The average molecular weight is 174 g/mol. The summed E-state index contributed by atoms with van der Waals surface area (Å²) < 4.78 is 9.03. The molecule has 0 radical (unpaired) electrons. The van der Waals surface area contributed by atoms with Gasteiger partial charge in [0.1, 0.15) is 6.10 Å². The van der Waals surface area contributed by atoms with Gasteiger partial charge in [0.25, 0.3) is 0 Å². The highest BCUT2D eigenvalue weighted by atomic mass is 16.6. The fourth-order valence-corrected chi connectivity index (χ4v) is 1.10. The topological polar surface area (TPSA) is 72.8 Å². The zero-order chi connectivity index (χ0) is 9.14. The van der Waals surface area contributed by atoms with Crippen LogP contribution in [0.25, 0.3) is 0 Å². The van der Waals surface area contributed by atoms with Crippen LogP contribution in [0, 0.1) is 5.92 Å². The highest BCUT2D eigenvalue weighted by Crippen LogP contribution is 2.21. The summed E-state index contributed by atoms with van der Waals surface area (Å²) in [4.78, 5) is 21.8. The van der Waals surface area contributed by atoms with E-state index in [-0.39, 0.29) is 13.0 Å². The Balaban J connectivity index is 2.57. The highest BCUT2D eigenvalue weighted by molar-refractivity contribution is 5.96. The summed E-state index contributed by atoms with van der Waals surface area (Å²) in [6.07, 6.45) is -0.344. The Hall–Kier alpha value is -1.10. The third-order valence-electron chi connectivity index (χ3n) is 1.76. The van der Waals surface area contributed by atoms with Crippen LogP contribution in [0.3, 0.4) is 0 Å². The number of hydrogen-bond donors (Lipinski definition) is 1. The number of hydrogen-bond acceptors (Lipinski definition) is 5. The van der Waals surface area contributed by atoms with E-state index in [9.17, 15) is 9.59 Å². The lowest BCUT2D eigenvalue weighted by atomic mass is 10.1. The Morgan fingerprint density at radius 2 is 2.50 bits per heavy atom. The molecule has 2 atom stereocenters. The highest BCUT2D eigenvalue weighted by Gasteiger charge is 2.39. The maximum Gasteiger partial charge on any atom is 0.320 e. The monoisotopic (exact) mass is 174 g/mol. The number of rotatable bonds is 2. The molecule has 0 amide bonds. The summed E-state index contributed by atoms with van der Waals surface area (Å²) in [6, 6.07) is 0. The Kier molecular flexibility index (Phi) is 2.65. The van der Waals surface area contributed by atoms with E-state index in [0.717, 1.165) is 0 Å².